The number of nitrogens with one attached hydrogen (secondary N) is 1. The number of benzene rings is 2. The summed E-state index contributed by atoms with van der Waals surface area (Å²) in [6.07, 6.45) is -2.91. The highest BCUT2D eigenvalue weighted by atomic mass is 35.5. The molecule has 2 heterocycles. The molecule has 0 radical (unpaired) electrons. The van der Waals surface area contributed by atoms with Crippen molar-refractivity contribution < 1.29 is 19.4 Å². The van der Waals surface area contributed by atoms with Crippen molar-refractivity contribution in [2.24, 2.45) is 0 Å². The van der Waals surface area contributed by atoms with Gasteiger partial charge >= 0.3 is 6.16 Å². The van der Waals surface area contributed by atoms with Gasteiger partial charge in [0.2, 0.25) is 6.23 Å². The molecule has 25 heavy (non-hydrogen) atoms. The first-order valence-corrected chi connectivity index (χ1v) is 8.60. The Bertz CT molecular complexity index is 902. The summed E-state index contributed by atoms with van der Waals surface area (Å²) >= 11 is 18.8. The molecule has 2 aliphatic heterocycles. The molecule has 2 aliphatic rings. The fourth-order valence-electron chi connectivity index (χ4n) is 3.42. The standard InChI is InChI=1S/C17H12Cl3NO4/c1-6-2-12-8(5-9(6)19)13-14-10(20)3-7(18)4-11(14)21-16(15(13)24-12)25-17(22)23/h2-5,13,15-16,21H,1H3,(H,22,23). The van der Waals surface area contributed by atoms with E-state index in [2.05, 4.69) is 5.32 Å². The van der Waals surface area contributed by atoms with E-state index in [1.165, 1.54) is 0 Å². The Morgan fingerprint density at radius 3 is 2.68 bits per heavy atom. The molecular formula is C17H12Cl3NO4. The lowest BCUT2D eigenvalue weighted by atomic mass is 9.83. The topological polar surface area (TPSA) is 67.8 Å². The Hall–Kier alpha value is -1.82. The van der Waals surface area contributed by atoms with Crippen LogP contribution in [0, 0.1) is 6.92 Å². The summed E-state index contributed by atoms with van der Waals surface area (Å²) in [7, 11) is 0. The van der Waals surface area contributed by atoms with Crippen LogP contribution in [-0.2, 0) is 4.74 Å². The van der Waals surface area contributed by atoms with Gasteiger partial charge in [-0.25, -0.2) is 4.79 Å². The van der Waals surface area contributed by atoms with Gasteiger partial charge in [-0.3, -0.25) is 0 Å². The molecule has 130 valence electrons. The molecule has 0 spiro atoms. The summed E-state index contributed by atoms with van der Waals surface area (Å²) in [6, 6.07) is 6.99. The van der Waals surface area contributed by atoms with E-state index < -0.39 is 18.5 Å². The van der Waals surface area contributed by atoms with Crippen molar-refractivity contribution in [3.8, 4) is 5.75 Å². The molecule has 3 atom stereocenters. The van der Waals surface area contributed by atoms with E-state index in [0.717, 1.165) is 16.7 Å². The summed E-state index contributed by atoms with van der Waals surface area (Å²) in [5.41, 5.74) is 3.09. The summed E-state index contributed by atoms with van der Waals surface area (Å²) in [4.78, 5) is 11.1. The van der Waals surface area contributed by atoms with Gasteiger partial charge in [-0.05, 0) is 36.8 Å². The maximum Gasteiger partial charge on any atom is 0.507 e. The second-order valence-electron chi connectivity index (χ2n) is 6.00. The first-order chi connectivity index (χ1) is 11.8. The van der Waals surface area contributed by atoms with Gasteiger partial charge in [0.1, 0.15) is 5.75 Å². The van der Waals surface area contributed by atoms with Gasteiger partial charge in [0.15, 0.2) is 6.10 Å². The van der Waals surface area contributed by atoms with Crippen LogP contribution in [0.1, 0.15) is 22.6 Å². The monoisotopic (exact) mass is 399 g/mol. The highest BCUT2D eigenvalue weighted by molar-refractivity contribution is 6.36. The molecule has 5 nitrogen and oxygen atoms in total. The number of fused-ring (bicyclic) bond motifs is 5. The van der Waals surface area contributed by atoms with E-state index in [1.807, 2.05) is 19.1 Å². The number of carbonyl (C=O) groups is 1. The molecule has 2 N–H and O–H groups in total. The van der Waals surface area contributed by atoms with E-state index >= 15 is 0 Å². The van der Waals surface area contributed by atoms with Crippen LogP contribution >= 0.6 is 34.8 Å². The molecule has 0 aliphatic carbocycles. The number of rotatable bonds is 1. The van der Waals surface area contributed by atoms with Gasteiger partial charge in [-0.1, -0.05) is 34.8 Å². The van der Waals surface area contributed by atoms with Gasteiger partial charge in [0, 0.05) is 31.9 Å². The third kappa shape index (κ3) is 2.67. The number of halogens is 3. The molecule has 4 rings (SSSR count). The van der Waals surface area contributed by atoms with Gasteiger partial charge in [-0.15, -0.1) is 0 Å². The van der Waals surface area contributed by atoms with E-state index in [4.69, 9.17) is 49.4 Å². The molecule has 3 unspecified atom stereocenters. The molecule has 0 saturated carbocycles. The fraction of sp³-hybridized carbons (Fsp3) is 0.235. The van der Waals surface area contributed by atoms with Crippen LogP contribution in [0.4, 0.5) is 10.5 Å². The van der Waals surface area contributed by atoms with Crippen molar-refractivity contribution in [1.82, 2.24) is 0 Å². The zero-order valence-electron chi connectivity index (χ0n) is 12.8. The highest BCUT2D eigenvalue weighted by Crippen LogP contribution is 2.52. The van der Waals surface area contributed by atoms with Crippen molar-refractivity contribution in [2.45, 2.75) is 25.2 Å². The first kappa shape index (κ1) is 16.6. The van der Waals surface area contributed by atoms with Gasteiger partial charge in [0.05, 0.1) is 5.92 Å². The lowest BCUT2D eigenvalue weighted by Gasteiger charge is -2.35. The number of carboxylic acid groups (broad SMARTS) is 1. The van der Waals surface area contributed by atoms with E-state index in [-0.39, 0.29) is 5.92 Å². The van der Waals surface area contributed by atoms with Crippen molar-refractivity contribution in [1.29, 1.82) is 0 Å². The lowest BCUT2D eigenvalue weighted by molar-refractivity contribution is 0.00573. The minimum Gasteiger partial charge on any atom is -0.483 e. The van der Waals surface area contributed by atoms with Crippen LogP contribution in [0.2, 0.25) is 15.1 Å². The Morgan fingerprint density at radius 1 is 1.20 bits per heavy atom. The largest absolute Gasteiger partial charge is 0.507 e. The molecule has 0 fully saturated rings. The predicted octanol–water partition coefficient (Wildman–Crippen LogP) is 5.29. The maximum absolute atomic E-state index is 11.1. The molecule has 0 aromatic heterocycles. The zero-order chi connectivity index (χ0) is 17.9. The smallest absolute Gasteiger partial charge is 0.483 e. The van der Waals surface area contributed by atoms with Crippen LogP contribution < -0.4 is 10.1 Å². The van der Waals surface area contributed by atoms with Gasteiger partial charge < -0.3 is 19.9 Å². The van der Waals surface area contributed by atoms with Crippen LogP contribution in [0.15, 0.2) is 24.3 Å². The quantitative estimate of drug-likeness (QED) is 0.636. The molecule has 0 amide bonds. The number of aryl methyl sites for hydroxylation is 1. The number of hydrogen-bond acceptors (Lipinski definition) is 4. The van der Waals surface area contributed by atoms with Crippen LogP contribution in [0.3, 0.4) is 0 Å². The molecular weight excluding hydrogens is 389 g/mol. The SMILES string of the molecule is Cc1cc2c(cc1Cl)C1c3c(Cl)cc(Cl)cc3NC(OC(=O)O)C1O2. The Labute approximate surface area is 158 Å². The third-order valence-electron chi connectivity index (χ3n) is 4.45. The molecule has 8 heteroatoms. The van der Waals surface area contributed by atoms with Gasteiger partial charge in [0.25, 0.3) is 0 Å². The average Bonchev–Trinajstić information content (AvgIpc) is 2.85. The van der Waals surface area contributed by atoms with E-state index in [0.29, 0.717) is 26.5 Å². The Morgan fingerprint density at radius 2 is 1.96 bits per heavy atom. The zero-order valence-corrected chi connectivity index (χ0v) is 15.1. The van der Waals surface area contributed by atoms with Gasteiger partial charge in [-0.2, -0.15) is 0 Å². The normalized spacial score (nSPS) is 23.0. The highest BCUT2D eigenvalue weighted by Gasteiger charge is 2.48. The lowest BCUT2D eigenvalue weighted by Crippen LogP contribution is -2.46. The van der Waals surface area contributed by atoms with Crippen LogP contribution in [0.5, 0.6) is 5.75 Å². The molecule has 0 bridgehead atoms. The fourth-order valence-corrected chi connectivity index (χ4v) is 4.21. The Kier molecular flexibility index (Phi) is 3.90. The second kappa shape index (κ2) is 5.87. The first-order valence-electron chi connectivity index (χ1n) is 7.47. The summed E-state index contributed by atoms with van der Waals surface area (Å²) in [6.45, 7) is 1.87. The molecule has 2 aromatic carbocycles. The van der Waals surface area contributed by atoms with Crippen LogP contribution in [-0.4, -0.2) is 23.6 Å². The van der Waals surface area contributed by atoms with E-state index in [9.17, 15) is 4.79 Å². The van der Waals surface area contributed by atoms with Crippen molar-refractivity contribution in [2.75, 3.05) is 5.32 Å². The number of ether oxygens (including phenoxy) is 2. The third-order valence-corrected chi connectivity index (χ3v) is 5.39. The minimum atomic E-state index is -1.40. The maximum atomic E-state index is 11.1. The summed E-state index contributed by atoms with van der Waals surface area (Å²) < 4.78 is 11.0. The summed E-state index contributed by atoms with van der Waals surface area (Å²) in [5.74, 6) is 0.315. The number of hydrogen-bond donors (Lipinski definition) is 2. The summed E-state index contributed by atoms with van der Waals surface area (Å²) in [5, 5.41) is 13.6. The van der Waals surface area contributed by atoms with Crippen molar-refractivity contribution in [3.05, 3.63) is 56.0 Å². The second-order valence-corrected chi connectivity index (χ2v) is 7.25. The van der Waals surface area contributed by atoms with Crippen molar-refractivity contribution >= 4 is 46.6 Å². The predicted molar refractivity (Wildman–Crippen MR) is 95.4 cm³/mol. The van der Waals surface area contributed by atoms with Crippen LogP contribution in [0.25, 0.3) is 0 Å². The molecule has 0 saturated heterocycles. The minimum absolute atomic E-state index is 0.321. The average molecular weight is 401 g/mol. The Balaban J connectivity index is 1.91. The van der Waals surface area contributed by atoms with E-state index in [1.54, 1.807) is 12.1 Å². The van der Waals surface area contributed by atoms with Crippen molar-refractivity contribution in [3.63, 3.8) is 0 Å². The number of anilines is 1. The molecule has 2 aromatic rings.